The van der Waals surface area contributed by atoms with E-state index < -0.39 is 22.8 Å². The Morgan fingerprint density at radius 1 is 1.27 bits per heavy atom. The minimum absolute atomic E-state index is 0.167. The van der Waals surface area contributed by atoms with E-state index in [2.05, 4.69) is 10.6 Å². The Balaban J connectivity index is 1.73. The van der Waals surface area contributed by atoms with Gasteiger partial charge in [-0.05, 0) is 30.3 Å². The third kappa shape index (κ3) is 4.72. The molecule has 2 aromatic rings. The molecule has 1 saturated heterocycles. The first-order chi connectivity index (χ1) is 14.4. The van der Waals surface area contributed by atoms with Crippen molar-refractivity contribution in [1.29, 1.82) is 0 Å². The molecule has 10 heteroatoms. The van der Waals surface area contributed by atoms with Crippen LogP contribution in [0.2, 0.25) is 0 Å². The van der Waals surface area contributed by atoms with Crippen molar-refractivity contribution in [1.82, 2.24) is 10.2 Å². The minimum Gasteiger partial charge on any atom is -0.497 e. The van der Waals surface area contributed by atoms with E-state index >= 15 is 0 Å². The van der Waals surface area contributed by atoms with E-state index in [4.69, 9.17) is 4.74 Å². The van der Waals surface area contributed by atoms with Crippen LogP contribution < -0.4 is 15.4 Å². The topological polar surface area (TPSA) is 131 Å². The van der Waals surface area contributed by atoms with Gasteiger partial charge in [0.2, 0.25) is 11.8 Å². The molecule has 0 aliphatic carbocycles. The Labute approximate surface area is 172 Å². The van der Waals surface area contributed by atoms with Crippen molar-refractivity contribution >= 4 is 29.1 Å². The molecule has 10 nitrogen and oxygen atoms in total. The molecule has 156 valence electrons. The zero-order valence-electron chi connectivity index (χ0n) is 16.2. The molecule has 1 aliphatic rings. The van der Waals surface area contributed by atoms with E-state index in [9.17, 15) is 24.5 Å². The number of hydrogen-bond acceptors (Lipinski definition) is 6. The molecule has 0 bridgehead atoms. The van der Waals surface area contributed by atoms with Crippen LogP contribution in [0.15, 0.2) is 48.5 Å². The molecule has 0 aromatic heterocycles. The highest BCUT2D eigenvalue weighted by Gasteiger charge is 2.35. The van der Waals surface area contributed by atoms with Gasteiger partial charge in [-0.1, -0.05) is 6.07 Å². The molecular weight excluding hydrogens is 392 g/mol. The Morgan fingerprint density at radius 2 is 2.00 bits per heavy atom. The third-order valence-corrected chi connectivity index (χ3v) is 4.65. The molecule has 1 fully saturated rings. The van der Waals surface area contributed by atoms with Gasteiger partial charge in [0.05, 0.1) is 18.5 Å². The fourth-order valence-electron chi connectivity index (χ4n) is 3.14. The molecule has 3 amide bonds. The molecule has 2 aromatic carbocycles. The van der Waals surface area contributed by atoms with Gasteiger partial charge < -0.3 is 20.3 Å². The first-order valence-corrected chi connectivity index (χ1v) is 9.16. The number of nitrogens with zero attached hydrogens (tertiary/aromatic N) is 2. The molecule has 0 unspecified atom stereocenters. The maximum Gasteiger partial charge on any atom is 0.271 e. The average molecular weight is 412 g/mol. The lowest BCUT2D eigenvalue weighted by atomic mass is 10.1. The van der Waals surface area contributed by atoms with Crippen LogP contribution in [-0.2, 0) is 9.59 Å². The average Bonchev–Trinajstić information content (AvgIpc) is 2.75. The maximum absolute atomic E-state index is 12.9. The van der Waals surface area contributed by atoms with Gasteiger partial charge in [-0.15, -0.1) is 0 Å². The number of nitro groups is 1. The molecule has 30 heavy (non-hydrogen) atoms. The standard InChI is InChI=1S/C20H20N4O6/c1-30-16-7-5-13(6-8-16)20(27)23-10-9-21-19(26)17(23)12-18(25)22-14-3-2-4-15(11-14)24(28)29/h2-8,11,17H,9-10,12H2,1H3,(H,21,26)(H,22,25)/t17-/m0/s1. The summed E-state index contributed by atoms with van der Waals surface area (Å²) >= 11 is 0. The quantitative estimate of drug-likeness (QED) is 0.547. The Bertz CT molecular complexity index is 976. The minimum atomic E-state index is -0.993. The van der Waals surface area contributed by atoms with Gasteiger partial charge in [0.15, 0.2) is 0 Å². The van der Waals surface area contributed by atoms with Crippen LogP contribution in [0, 0.1) is 10.1 Å². The summed E-state index contributed by atoms with van der Waals surface area (Å²) in [4.78, 5) is 49.4. The van der Waals surface area contributed by atoms with Crippen molar-refractivity contribution in [3.8, 4) is 5.75 Å². The smallest absolute Gasteiger partial charge is 0.271 e. The zero-order chi connectivity index (χ0) is 21.7. The number of amides is 3. The van der Waals surface area contributed by atoms with Crippen molar-refractivity contribution in [2.24, 2.45) is 0 Å². The van der Waals surface area contributed by atoms with E-state index in [0.717, 1.165) is 0 Å². The van der Waals surface area contributed by atoms with Crippen molar-refractivity contribution in [3.05, 3.63) is 64.2 Å². The Hall–Kier alpha value is -3.95. The second-order valence-corrected chi connectivity index (χ2v) is 6.59. The number of nitrogens with one attached hydrogen (secondary N) is 2. The molecule has 0 saturated carbocycles. The lowest BCUT2D eigenvalue weighted by Gasteiger charge is -2.34. The predicted octanol–water partition coefficient (Wildman–Crippen LogP) is 1.57. The van der Waals surface area contributed by atoms with Gasteiger partial charge in [-0.25, -0.2) is 0 Å². The number of carbonyl (C=O) groups excluding carboxylic acids is 3. The number of benzene rings is 2. The van der Waals surface area contributed by atoms with Crippen LogP contribution >= 0.6 is 0 Å². The largest absolute Gasteiger partial charge is 0.497 e. The number of anilines is 1. The summed E-state index contributed by atoms with van der Waals surface area (Å²) in [6.07, 6.45) is -0.281. The van der Waals surface area contributed by atoms with Gasteiger partial charge in [0.1, 0.15) is 11.8 Å². The number of ether oxygens (including phenoxy) is 1. The summed E-state index contributed by atoms with van der Waals surface area (Å²) in [7, 11) is 1.52. The number of hydrogen-bond donors (Lipinski definition) is 2. The number of nitro benzene ring substituents is 1. The fourth-order valence-corrected chi connectivity index (χ4v) is 3.14. The van der Waals surface area contributed by atoms with Crippen LogP contribution in [0.25, 0.3) is 0 Å². The van der Waals surface area contributed by atoms with Crippen molar-refractivity contribution in [3.63, 3.8) is 0 Å². The molecule has 1 aliphatic heterocycles. The predicted molar refractivity (Wildman–Crippen MR) is 107 cm³/mol. The van der Waals surface area contributed by atoms with Crippen LogP contribution in [0.5, 0.6) is 5.75 Å². The third-order valence-electron chi connectivity index (χ3n) is 4.65. The first kappa shape index (κ1) is 20.8. The van der Waals surface area contributed by atoms with Gasteiger partial charge >= 0.3 is 0 Å². The van der Waals surface area contributed by atoms with Crippen LogP contribution in [0.3, 0.4) is 0 Å². The lowest BCUT2D eigenvalue weighted by molar-refractivity contribution is -0.384. The van der Waals surface area contributed by atoms with Gasteiger partial charge in [-0.3, -0.25) is 24.5 Å². The van der Waals surface area contributed by atoms with Crippen molar-refractivity contribution in [2.75, 3.05) is 25.5 Å². The van der Waals surface area contributed by atoms with Crippen LogP contribution in [0.1, 0.15) is 16.8 Å². The molecule has 3 rings (SSSR count). The van der Waals surface area contributed by atoms with Crippen molar-refractivity contribution < 1.29 is 24.0 Å². The highest BCUT2D eigenvalue weighted by molar-refractivity contribution is 6.01. The first-order valence-electron chi connectivity index (χ1n) is 9.16. The summed E-state index contributed by atoms with van der Waals surface area (Å²) in [5.41, 5.74) is 0.438. The van der Waals surface area contributed by atoms with Crippen molar-refractivity contribution in [2.45, 2.75) is 12.5 Å². The monoisotopic (exact) mass is 412 g/mol. The van der Waals surface area contributed by atoms with Gasteiger partial charge in [0, 0.05) is 36.5 Å². The summed E-state index contributed by atoms with van der Waals surface area (Å²) in [6, 6.07) is 10.9. The van der Waals surface area contributed by atoms with E-state index in [1.165, 1.54) is 36.3 Å². The molecule has 1 heterocycles. The number of piperazine rings is 1. The normalized spacial score (nSPS) is 15.8. The highest BCUT2D eigenvalue weighted by atomic mass is 16.6. The van der Waals surface area contributed by atoms with E-state index in [1.54, 1.807) is 24.3 Å². The molecular formula is C20H20N4O6. The van der Waals surface area contributed by atoms with Crippen LogP contribution in [0.4, 0.5) is 11.4 Å². The molecule has 1 atom stereocenters. The molecule has 2 N–H and O–H groups in total. The maximum atomic E-state index is 12.9. The van der Waals surface area contributed by atoms with E-state index in [0.29, 0.717) is 11.3 Å². The fraction of sp³-hybridized carbons (Fsp3) is 0.250. The zero-order valence-corrected chi connectivity index (χ0v) is 16.2. The summed E-state index contributed by atoms with van der Waals surface area (Å²) < 4.78 is 5.08. The second kappa shape index (κ2) is 9.03. The second-order valence-electron chi connectivity index (χ2n) is 6.59. The van der Waals surface area contributed by atoms with E-state index in [-0.39, 0.29) is 36.8 Å². The highest BCUT2D eigenvalue weighted by Crippen LogP contribution is 2.20. The summed E-state index contributed by atoms with van der Waals surface area (Å²) in [5.74, 6) is -0.751. The lowest BCUT2D eigenvalue weighted by Crippen LogP contribution is -2.58. The van der Waals surface area contributed by atoms with Gasteiger partial charge in [-0.2, -0.15) is 0 Å². The van der Waals surface area contributed by atoms with Gasteiger partial charge in [0.25, 0.3) is 11.6 Å². The number of non-ortho nitro benzene ring substituents is 1. The Kier molecular flexibility index (Phi) is 6.26. The Morgan fingerprint density at radius 3 is 2.67 bits per heavy atom. The number of rotatable bonds is 6. The van der Waals surface area contributed by atoms with Crippen LogP contribution in [-0.4, -0.2) is 53.8 Å². The van der Waals surface area contributed by atoms with E-state index in [1.807, 2.05) is 0 Å². The molecule has 0 radical (unpaired) electrons. The number of carbonyl (C=O) groups is 3. The number of methoxy groups -OCH3 is 1. The summed E-state index contributed by atoms with van der Waals surface area (Å²) in [6.45, 7) is 0.537. The molecule has 0 spiro atoms. The summed E-state index contributed by atoms with van der Waals surface area (Å²) in [5, 5.41) is 16.1. The SMILES string of the molecule is COc1ccc(C(=O)N2CCNC(=O)[C@@H]2CC(=O)Nc2cccc([N+](=O)[O-])c2)cc1.